The highest BCUT2D eigenvalue weighted by atomic mass is 79.9. The van der Waals surface area contributed by atoms with Crippen LogP contribution in [-0.4, -0.2) is 24.7 Å². The molecule has 6 heteroatoms. The van der Waals surface area contributed by atoms with Gasteiger partial charge in [0, 0.05) is 11.6 Å². The maximum Gasteiger partial charge on any atom is 0.175 e. The minimum absolute atomic E-state index is 0.0806. The van der Waals surface area contributed by atoms with E-state index < -0.39 is 0 Å². The van der Waals surface area contributed by atoms with Crippen LogP contribution in [0.3, 0.4) is 0 Å². The standard InChI is InChI=1S/C15H17BrN2O2S/c1-2-3-17-13(15-18-4-7-21-15)10-8-11(16)14-12(9-10)19-5-6-20-14/h4,7-9,13,17H,2-3,5-6H2,1H3. The second kappa shape index (κ2) is 6.77. The monoisotopic (exact) mass is 368 g/mol. The molecule has 0 spiro atoms. The molecule has 1 aliphatic rings. The number of fused-ring (bicyclic) bond motifs is 1. The van der Waals surface area contributed by atoms with Crippen LogP contribution >= 0.6 is 27.3 Å². The molecule has 0 radical (unpaired) electrons. The zero-order chi connectivity index (χ0) is 14.7. The van der Waals surface area contributed by atoms with Crippen molar-refractivity contribution in [2.45, 2.75) is 19.4 Å². The van der Waals surface area contributed by atoms with Crippen LogP contribution in [0.25, 0.3) is 0 Å². The summed E-state index contributed by atoms with van der Waals surface area (Å²) in [5.74, 6) is 1.59. The Hall–Kier alpha value is -1.11. The van der Waals surface area contributed by atoms with Gasteiger partial charge in [-0.15, -0.1) is 11.3 Å². The van der Waals surface area contributed by atoms with Crippen molar-refractivity contribution in [2.24, 2.45) is 0 Å². The summed E-state index contributed by atoms with van der Waals surface area (Å²) in [4.78, 5) is 4.46. The Morgan fingerprint density at radius 2 is 2.24 bits per heavy atom. The van der Waals surface area contributed by atoms with E-state index in [4.69, 9.17) is 9.47 Å². The Morgan fingerprint density at radius 1 is 1.38 bits per heavy atom. The number of nitrogens with one attached hydrogen (secondary N) is 1. The highest BCUT2D eigenvalue weighted by Crippen LogP contribution is 2.41. The van der Waals surface area contributed by atoms with Crippen LogP contribution in [-0.2, 0) is 0 Å². The first-order valence-electron chi connectivity index (χ1n) is 7.01. The first-order valence-corrected chi connectivity index (χ1v) is 8.68. The van der Waals surface area contributed by atoms with Crippen molar-refractivity contribution in [3.05, 3.63) is 38.8 Å². The molecule has 3 rings (SSSR count). The van der Waals surface area contributed by atoms with E-state index in [1.165, 1.54) is 0 Å². The average Bonchev–Trinajstić information content (AvgIpc) is 3.02. The van der Waals surface area contributed by atoms with Crippen LogP contribution in [0, 0.1) is 0 Å². The molecule has 4 nitrogen and oxygen atoms in total. The van der Waals surface area contributed by atoms with E-state index in [1.807, 2.05) is 17.6 Å². The third kappa shape index (κ3) is 3.22. The predicted octanol–water partition coefficient (Wildman–Crippen LogP) is 3.77. The fourth-order valence-corrected chi connectivity index (χ4v) is 3.62. The average molecular weight is 369 g/mol. The molecule has 2 heterocycles. The van der Waals surface area contributed by atoms with E-state index in [-0.39, 0.29) is 6.04 Å². The Bertz CT molecular complexity index is 604. The minimum atomic E-state index is 0.0806. The van der Waals surface area contributed by atoms with Gasteiger partial charge < -0.3 is 14.8 Å². The van der Waals surface area contributed by atoms with Gasteiger partial charge in [0.2, 0.25) is 0 Å². The quantitative estimate of drug-likeness (QED) is 0.872. The lowest BCUT2D eigenvalue weighted by Crippen LogP contribution is -2.24. The van der Waals surface area contributed by atoms with Crippen molar-refractivity contribution < 1.29 is 9.47 Å². The number of thiazole rings is 1. The Morgan fingerprint density at radius 3 is 3.00 bits per heavy atom. The molecule has 1 aromatic carbocycles. The van der Waals surface area contributed by atoms with Crippen molar-refractivity contribution in [3.8, 4) is 11.5 Å². The van der Waals surface area contributed by atoms with Gasteiger partial charge in [-0.1, -0.05) is 6.92 Å². The van der Waals surface area contributed by atoms with E-state index in [2.05, 4.69) is 39.2 Å². The molecule has 0 bridgehead atoms. The van der Waals surface area contributed by atoms with E-state index in [0.29, 0.717) is 13.2 Å². The predicted molar refractivity (Wildman–Crippen MR) is 87.4 cm³/mol. The zero-order valence-corrected chi connectivity index (χ0v) is 14.2. The zero-order valence-electron chi connectivity index (χ0n) is 11.8. The lowest BCUT2D eigenvalue weighted by atomic mass is 10.1. The molecule has 112 valence electrons. The maximum absolute atomic E-state index is 5.72. The van der Waals surface area contributed by atoms with Crippen molar-refractivity contribution >= 4 is 27.3 Å². The molecule has 0 amide bonds. The number of hydrogen-bond donors (Lipinski definition) is 1. The summed E-state index contributed by atoms with van der Waals surface area (Å²) in [6, 6.07) is 4.22. The molecular weight excluding hydrogens is 352 g/mol. The summed E-state index contributed by atoms with van der Waals surface area (Å²) in [5, 5.41) is 6.62. The molecule has 21 heavy (non-hydrogen) atoms. The molecule has 2 aromatic rings. The van der Waals surface area contributed by atoms with Gasteiger partial charge in [-0.3, -0.25) is 0 Å². The van der Waals surface area contributed by atoms with Crippen LogP contribution < -0.4 is 14.8 Å². The summed E-state index contributed by atoms with van der Waals surface area (Å²) in [7, 11) is 0. The molecule has 0 fully saturated rings. The van der Waals surface area contributed by atoms with Gasteiger partial charge in [0.1, 0.15) is 18.2 Å². The van der Waals surface area contributed by atoms with Gasteiger partial charge >= 0.3 is 0 Å². The topological polar surface area (TPSA) is 43.4 Å². The molecule has 1 aliphatic heterocycles. The van der Waals surface area contributed by atoms with Gasteiger partial charge in [0.15, 0.2) is 11.5 Å². The molecule has 0 saturated heterocycles. The number of rotatable bonds is 5. The van der Waals surface area contributed by atoms with Crippen molar-refractivity contribution in [2.75, 3.05) is 19.8 Å². The first-order chi connectivity index (χ1) is 10.3. The fourth-order valence-electron chi connectivity index (χ4n) is 2.31. The van der Waals surface area contributed by atoms with E-state index in [9.17, 15) is 0 Å². The highest BCUT2D eigenvalue weighted by Gasteiger charge is 2.22. The summed E-state index contributed by atoms with van der Waals surface area (Å²) in [6.45, 7) is 4.28. The normalized spacial score (nSPS) is 15.0. The van der Waals surface area contributed by atoms with Crippen LogP contribution in [0.5, 0.6) is 11.5 Å². The van der Waals surface area contributed by atoms with Crippen molar-refractivity contribution in [1.29, 1.82) is 0 Å². The molecular formula is C15H17BrN2O2S. The first kappa shape index (κ1) is 14.8. The van der Waals surface area contributed by atoms with Crippen LogP contribution in [0.1, 0.15) is 30.0 Å². The number of benzene rings is 1. The lowest BCUT2D eigenvalue weighted by molar-refractivity contribution is 0.170. The van der Waals surface area contributed by atoms with Gasteiger partial charge in [-0.25, -0.2) is 4.98 Å². The van der Waals surface area contributed by atoms with Crippen molar-refractivity contribution in [3.63, 3.8) is 0 Å². The summed E-state index contributed by atoms with van der Waals surface area (Å²) in [5.41, 5.74) is 1.13. The van der Waals surface area contributed by atoms with E-state index in [0.717, 1.165) is 39.5 Å². The third-order valence-electron chi connectivity index (χ3n) is 3.25. The Kier molecular flexibility index (Phi) is 4.77. The highest BCUT2D eigenvalue weighted by molar-refractivity contribution is 9.10. The number of hydrogen-bond acceptors (Lipinski definition) is 5. The third-order valence-corrected chi connectivity index (χ3v) is 4.68. The summed E-state index contributed by atoms with van der Waals surface area (Å²) < 4.78 is 12.3. The molecule has 1 aromatic heterocycles. The maximum atomic E-state index is 5.72. The summed E-state index contributed by atoms with van der Waals surface area (Å²) >= 11 is 5.24. The molecule has 0 saturated carbocycles. The second-order valence-electron chi connectivity index (χ2n) is 4.78. The lowest BCUT2D eigenvalue weighted by Gasteiger charge is -2.23. The number of ether oxygens (including phenoxy) is 2. The SMILES string of the molecule is CCCNC(c1cc(Br)c2c(c1)OCCO2)c1nccs1. The second-order valence-corrected chi connectivity index (χ2v) is 6.56. The summed E-state index contributed by atoms with van der Waals surface area (Å²) in [6.07, 6.45) is 2.92. The number of halogens is 1. The van der Waals surface area contributed by atoms with Crippen LogP contribution in [0.4, 0.5) is 0 Å². The van der Waals surface area contributed by atoms with Crippen LogP contribution in [0.15, 0.2) is 28.2 Å². The minimum Gasteiger partial charge on any atom is -0.486 e. The smallest absolute Gasteiger partial charge is 0.175 e. The van der Waals surface area contributed by atoms with E-state index in [1.54, 1.807) is 11.3 Å². The molecule has 0 aliphatic carbocycles. The number of aromatic nitrogens is 1. The van der Waals surface area contributed by atoms with Gasteiger partial charge in [-0.2, -0.15) is 0 Å². The largest absolute Gasteiger partial charge is 0.486 e. The van der Waals surface area contributed by atoms with Crippen LogP contribution in [0.2, 0.25) is 0 Å². The van der Waals surface area contributed by atoms with Gasteiger partial charge in [0.05, 0.1) is 10.5 Å². The molecule has 1 atom stereocenters. The molecule has 1 unspecified atom stereocenters. The molecule has 1 N–H and O–H groups in total. The van der Waals surface area contributed by atoms with Crippen molar-refractivity contribution in [1.82, 2.24) is 10.3 Å². The van der Waals surface area contributed by atoms with E-state index >= 15 is 0 Å². The fraction of sp³-hybridized carbons (Fsp3) is 0.400. The van der Waals surface area contributed by atoms with Gasteiger partial charge in [-0.05, 0) is 46.6 Å². The van der Waals surface area contributed by atoms with Gasteiger partial charge in [0.25, 0.3) is 0 Å². The number of nitrogens with zero attached hydrogens (tertiary/aromatic N) is 1. The Balaban J connectivity index is 1.97. The Labute approximate surface area is 136 Å².